The Labute approximate surface area is 171 Å². The van der Waals surface area contributed by atoms with E-state index in [1.54, 1.807) is 0 Å². The minimum atomic E-state index is -0.136. The highest BCUT2D eigenvalue weighted by molar-refractivity contribution is 5.94. The highest BCUT2D eigenvalue weighted by Crippen LogP contribution is 2.21. The Morgan fingerprint density at radius 2 is 1.62 bits per heavy atom. The van der Waals surface area contributed by atoms with Crippen LogP contribution >= 0.6 is 0 Å². The van der Waals surface area contributed by atoms with Crippen LogP contribution in [0.1, 0.15) is 48.6 Å². The molecule has 1 aromatic heterocycles. The molecule has 4 N–H and O–H groups in total. The molecule has 0 saturated carbocycles. The van der Waals surface area contributed by atoms with Crippen LogP contribution in [-0.2, 0) is 6.54 Å². The van der Waals surface area contributed by atoms with Gasteiger partial charge in [-0.1, -0.05) is 38.1 Å². The van der Waals surface area contributed by atoms with Crippen molar-refractivity contribution in [2.75, 3.05) is 17.6 Å². The van der Waals surface area contributed by atoms with Crippen molar-refractivity contribution in [3.63, 3.8) is 0 Å². The number of nitrogens with two attached hydrogens (primary N) is 1. The van der Waals surface area contributed by atoms with Crippen LogP contribution in [0.4, 0.5) is 11.5 Å². The highest BCUT2D eigenvalue weighted by Gasteiger charge is 2.10. The van der Waals surface area contributed by atoms with Crippen molar-refractivity contribution in [1.29, 1.82) is 0 Å². The van der Waals surface area contributed by atoms with Crippen LogP contribution in [0.3, 0.4) is 0 Å². The minimum absolute atomic E-state index is 0.136. The van der Waals surface area contributed by atoms with Gasteiger partial charge in [0.15, 0.2) is 0 Å². The first-order valence-electron chi connectivity index (χ1n) is 9.82. The smallest absolute Gasteiger partial charge is 0.251 e. The van der Waals surface area contributed by atoms with Crippen LogP contribution in [0.15, 0.2) is 54.6 Å². The summed E-state index contributed by atoms with van der Waals surface area (Å²) >= 11 is 0. The first kappa shape index (κ1) is 20.3. The third-order valence-corrected chi connectivity index (χ3v) is 4.49. The number of nitrogen functional groups attached to an aromatic ring is 1. The molecular weight excluding hydrogens is 362 g/mol. The zero-order valence-corrected chi connectivity index (χ0v) is 17.1. The summed E-state index contributed by atoms with van der Waals surface area (Å²) in [5.74, 6) is 1.62. The molecule has 0 aliphatic rings. The summed E-state index contributed by atoms with van der Waals surface area (Å²) in [5.41, 5.74) is 9.95. The fourth-order valence-electron chi connectivity index (χ4n) is 2.90. The van der Waals surface area contributed by atoms with Crippen LogP contribution in [0.25, 0.3) is 11.1 Å². The summed E-state index contributed by atoms with van der Waals surface area (Å²) in [6.07, 6.45) is 0. The lowest BCUT2D eigenvalue weighted by molar-refractivity contribution is 0.0950. The number of hydrogen-bond donors (Lipinski definition) is 3. The molecule has 29 heavy (non-hydrogen) atoms. The molecule has 0 atom stereocenters. The van der Waals surface area contributed by atoms with Crippen LogP contribution in [0, 0.1) is 0 Å². The van der Waals surface area contributed by atoms with E-state index in [0.717, 1.165) is 40.7 Å². The van der Waals surface area contributed by atoms with Crippen LogP contribution < -0.4 is 16.4 Å². The Morgan fingerprint density at radius 3 is 2.21 bits per heavy atom. The Hall–Kier alpha value is -3.41. The van der Waals surface area contributed by atoms with Crippen molar-refractivity contribution < 1.29 is 4.79 Å². The van der Waals surface area contributed by atoms with Crippen LogP contribution in [-0.4, -0.2) is 22.4 Å². The molecule has 1 amide bonds. The normalized spacial score (nSPS) is 10.8. The number of carbonyl (C=O) groups is 1. The van der Waals surface area contributed by atoms with Gasteiger partial charge in [0.05, 0.1) is 12.2 Å². The largest absolute Gasteiger partial charge is 0.399 e. The molecule has 0 aliphatic heterocycles. The molecule has 3 aromatic rings. The van der Waals surface area contributed by atoms with E-state index in [4.69, 9.17) is 5.73 Å². The third-order valence-electron chi connectivity index (χ3n) is 4.49. The molecular formula is C23H27N5O. The molecule has 3 rings (SSSR count). The number of rotatable bonds is 7. The summed E-state index contributed by atoms with van der Waals surface area (Å²) in [5, 5.41) is 6.16. The molecule has 2 aromatic carbocycles. The van der Waals surface area contributed by atoms with E-state index in [1.807, 2.05) is 61.5 Å². The first-order valence-corrected chi connectivity index (χ1v) is 9.82. The molecule has 0 saturated heterocycles. The lowest BCUT2D eigenvalue weighted by atomic mass is 10.0. The van der Waals surface area contributed by atoms with Crippen molar-refractivity contribution in [1.82, 2.24) is 15.3 Å². The van der Waals surface area contributed by atoms with Gasteiger partial charge in [-0.25, -0.2) is 9.97 Å². The Bertz CT molecular complexity index is 966. The van der Waals surface area contributed by atoms with Crippen molar-refractivity contribution >= 4 is 17.4 Å². The van der Waals surface area contributed by atoms with Gasteiger partial charge in [-0.3, -0.25) is 4.79 Å². The quantitative estimate of drug-likeness (QED) is 0.526. The zero-order valence-electron chi connectivity index (χ0n) is 17.1. The number of nitrogens with one attached hydrogen (secondary N) is 2. The SMILES string of the molecule is CCNc1cc(CNC(=O)c2ccc(-c3ccc(N)cc3)cc2)nc(C(C)C)n1. The lowest BCUT2D eigenvalue weighted by Crippen LogP contribution is -2.24. The molecule has 0 aliphatic carbocycles. The van der Waals surface area contributed by atoms with Gasteiger partial charge in [0.1, 0.15) is 11.6 Å². The molecule has 0 unspecified atom stereocenters. The lowest BCUT2D eigenvalue weighted by Gasteiger charge is -2.12. The van der Waals surface area contributed by atoms with Crippen molar-refractivity contribution in [3.05, 3.63) is 71.7 Å². The van der Waals surface area contributed by atoms with E-state index >= 15 is 0 Å². The topological polar surface area (TPSA) is 92.9 Å². The molecule has 6 heteroatoms. The van der Waals surface area contributed by atoms with E-state index in [9.17, 15) is 4.79 Å². The number of hydrogen-bond acceptors (Lipinski definition) is 5. The van der Waals surface area contributed by atoms with Crippen LogP contribution in [0.5, 0.6) is 0 Å². The molecule has 150 valence electrons. The van der Waals surface area contributed by atoms with Crippen molar-refractivity contribution in [2.45, 2.75) is 33.2 Å². The average Bonchev–Trinajstić information content (AvgIpc) is 2.73. The standard InChI is InChI=1S/C23H27N5O/c1-4-25-21-13-20(27-22(28-21)15(2)3)14-26-23(29)18-7-5-16(6-8-18)17-9-11-19(24)12-10-17/h5-13,15H,4,14,24H2,1-3H3,(H,26,29)(H,25,27,28). The molecule has 0 fully saturated rings. The van der Waals surface area contributed by atoms with E-state index in [1.165, 1.54) is 0 Å². The molecule has 6 nitrogen and oxygen atoms in total. The van der Waals surface area contributed by atoms with Gasteiger partial charge in [-0.05, 0) is 42.3 Å². The first-order chi connectivity index (χ1) is 14.0. The second-order valence-corrected chi connectivity index (χ2v) is 7.17. The number of aromatic nitrogens is 2. The summed E-state index contributed by atoms with van der Waals surface area (Å²) in [7, 11) is 0. The molecule has 0 radical (unpaired) electrons. The number of carbonyl (C=O) groups excluding carboxylic acids is 1. The second kappa shape index (κ2) is 9.19. The summed E-state index contributed by atoms with van der Waals surface area (Å²) in [6, 6.07) is 17.1. The summed E-state index contributed by atoms with van der Waals surface area (Å²) < 4.78 is 0. The summed E-state index contributed by atoms with van der Waals surface area (Å²) in [6.45, 7) is 7.25. The van der Waals surface area contributed by atoms with Gasteiger partial charge < -0.3 is 16.4 Å². The Morgan fingerprint density at radius 1 is 1.00 bits per heavy atom. The van der Waals surface area contributed by atoms with Crippen molar-refractivity contribution in [2.24, 2.45) is 0 Å². The zero-order chi connectivity index (χ0) is 20.8. The maximum atomic E-state index is 12.6. The molecule has 0 spiro atoms. The van der Waals surface area contributed by atoms with E-state index in [-0.39, 0.29) is 11.8 Å². The average molecular weight is 390 g/mol. The predicted octanol–water partition coefficient (Wildman–Crippen LogP) is 4.21. The maximum Gasteiger partial charge on any atom is 0.251 e. The van der Waals surface area contributed by atoms with Crippen molar-refractivity contribution in [3.8, 4) is 11.1 Å². The highest BCUT2D eigenvalue weighted by atomic mass is 16.1. The van der Waals surface area contributed by atoms with E-state index in [0.29, 0.717) is 12.1 Å². The van der Waals surface area contributed by atoms with Gasteiger partial charge in [-0.2, -0.15) is 0 Å². The van der Waals surface area contributed by atoms with E-state index < -0.39 is 0 Å². The fourth-order valence-corrected chi connectivity index (χ4v) is 2.90. The van der Waals surface area contributed by atoms with Gasteiger partial charge in [0, 0.05) is 29.8 Å². The fraction of sp³-hybridized carbons (Fsp3) is 0.261. The molecule has 1 heterocycles. The summed E-state index contributed by atoms with van der Waals surface area (Å²) in [4.78, 5) is 21.6. The predicted molar refractivity (Wildman–Crippen MR) is 118 cm³/mol. The number of nitrogens with zero attached hydrogens (tertiary/aromatic N) is 2. The second-order valence-electron chi connectivity index (χ2n) is 7.17. The van der Waals surface area contributed by atoms with Gasteiger partial charge in [0.2, 0.25) is 0 Å². The maximum absolute atomic E-state index is 12.6. The molecule has 0 bridgehead atoms. The van der Waals surface area contributed by atoms with Gasteiger partial charge >= 0.3 is 0 Å². The number of anilines is 2. The van der Waals surface area contributed by atoms with Crippen LogP contribution in [0.2, 0.25) is 0 Å². The Balaban J connectivity index is 1.68. The third kappa shape index (κ3) is 5.31. The number of amides is 1. The minimum Gasteiger partial charge on any atom is -0.399 e. The Kier molecular flexibility index (Phi) is 6.44. The number of benzene rings is 2. The van der Waals surface area contributed by atoms with E-state index in [2.05, 4.69) is 34.4 Å². The van der Waals surface area contributed by atoms with Gasteiger partial charge in [-0.15, -0.1) is 0 Å². The van der Waals surface area contributed by atoms with Gasteiger partial charge in [0.25, 0.3) is 5.91 Å². The monoisotopic (exact) mass is 389 g/mol.